The molecule has 4 rings (SSSR count). The molecule has 0 spiro atoms. The number of pyridine rings is 1. The van der Waals surface area contributed by atoms with E-state index in [0.29, 0.717) is 28.8 Å². The number of nitrogens with one attached hydrogen (secondary N) is 1. The Labute approximate surface area is 203 Å². The normalized spacial score (nSPS) is 11.3. The number of hydrogen-bond acceptors (Lipinski definition) is 5. The smallest absolute Gasteiger partial charge is 0.256 e. The first-order valence-corrected chi connectivity index (χ1v) is 12.0. The summed E-state index contributed by atoms with van der Waals surface area (Å²) in [5.41, 5.74) is 4.62. The van der Waals surface area contributed by atoms with Gasteiger partial charge in [0.2, 0.25) is 5.91 Å². The van der Waals surface area contributed by atoms with Crippen molar-refractivity contribution in [2.75, 3.05) is 12.4 Å². The summed E-state index contributed by atoms with van der Waals surface area (Å²) in [4.78, 5) is 34.0. The number of amides is 2. The number of thiophene rings is 1. The van der Waals surface area contributed by atoms with Crippen molar-refractivity contribution < 1.29 is 9.59 Å². The third-order valence-electron chi connectivity index (χ3n) is 5.76. The number of benzene rings is 1. The van der Waals surface area contributed by atoms with Gasteiger partial charge in [-0.15, -0.1) is 11.3 Å². The van der Waals surface area contributed by atoms with Crippen LogP contribution >= 0.6 is 11.3 Å². The Morgan fingerprint density at radius 3 is 2.59 bits per heavy atom. The summed E-state index contributed by atoms with van der Waals surface area (Å²) in [6.07, 6.45) is 1.71. The first kappa shape index (κ1) is 23.6. The van der Waals surface area contributed by atoms with Gasteiger partial charge in [-0.25, -0.2) is 9.67 Å². The fourth-order valence-corrected chi connectivity index (χ4v) is 4.87. The maximum atomic E-state index is 13.5. The van der Waals surface area contributed by atoms with Gasteiger partial charge in [0.05, 0.1) is 22.8 Å². The lowest BCUT2D eigenvalue weighted by molar-refractivity contribution is -0.128. The topological polar surface area (TPSA) is 80.1 Å². The molecule has 8 heteroatoms. The Bertz CT molecular complexity index is 1390. The summed E-state index contributed by atoms with van der Waals surface area (Å²) in [5, 5.41) is 8.25. The van der Waals surface area contributed by atoms with E-state index in [9.17, 15) is 9.59 Å². The van der Waals surface area contributed by atoms with Crippen molar-refractivity contribution in [3.63, 3.8) is 0 Å². The molecule has 0 saturated heterocycles. The van der Waals surface area contributed by atoms with Crippen LogP contribution in [0.15, 0.2) is 42.6 Å². The van der Waals surface area contributed by atoms with Crippen LogP contribution in [0.25, 0.3) is 22.3 Å². The van der Waals surface area contributed by atoms with Crippen molar-refractivity contribution in [2.45, 2.75) is 47.2 Å². The van der Waals surface area contributed by atoms with Gasteiger partial charge in [0, 0.05) is 47.6 Å². The zero-order valence-electron chi connectivity index (χ0n) is 20.3. The number of aryl methyl sites for hydroxylation is 2. The molecule has 0 bridgehead atoms. The maximum absolute atomic E-state index is 13.5. The predicted molar refractivity (Wildman–Crippen MR) is 137 cm³/mol. The summed E-state index contributed by atoms with van der Waals surface area (Å²) in [6.45, 7) is 10.2. The molecule has 4 aromatic rings. The van der Waals surface area contributed by atoms with Gasteiger partial charge < -0.3 is 10.2 Å². The number of carbonyl (C=O) groups is 2. The second kappa shape index (κ2) is 9.38. The molecule has 3 heterocycles. The molecule has 0 aliphatic carbocycles. The van der Waals surface area contributed by atoms with Crippen molar-refractivity contribution >= 4 is 39.9 Å². The molecule has 0 aliphatic heterocycles. The molecule has 0 radical (unpaired) electrons. The van der Waals surface area contributed by atoms with Gasteiger partial charge in [0.25, 0.3) is 5.91 Å². The number of anilines is 1. The van der Waals surface area contributed by atoms with Gasteiger partial charge in [-0.2, -0.15) is 5.10 Å². The average Bonchev–Trinajstić information content (AvgIpc) is 3.35. The minimum Gasteiger partial charge on any atom is -0.342 e. The van der Waals surface area contributed by atoms with Crippen molar-refractivity contribution in [2.24, 2.45) is 0 Å². The Morgan fingerprint density at radius 1 is 1.18 bits per heavy atom. The minimum absolute atomic E-state index is 0.0118. The van der Waals surface area contributed by atoms with E-state index in [1.54, 1.807) is 29.5 Å². The zero-order chi connectivity index (χ0) is 24.6. The van der Waals surface area contributed by atoms with Crippen LogP contribution in [0.4, 0.5) is 5.69 Å². The number of rotatable bonds is 6. The molecule has 3 aromatic heterocycles. The third-order valence-corrected chi connectivity index (χ3v) is 6.73. The van der Waals surface area contributed by atoms with E-state index < -0.39 is 0 Å². The van der Waals surface area contributed by atoms with Gasteiger partial charge >= 0.3 is 0 Å². The van der Waals surface area contributed by atoms with E-state index in [4.69, 9.17) is 4.98 Å². The van der Waals surface area contributed by atoms with Gasteiger partial charge in [0.1, 0.15) is 0 Å². The van der Waals surface area contributed by atoms with E-state index in [2.05, 4.69) is 30.3 Å². The highest BCUT2D eigenvalue weighted by Crippen LogP contribution is 2.33. The highest BCUT2D eigenvalue weighted by molar-refractivity contribution is 7.12. The fourth-order valence-electron chi connectivity index (χ4n) is 3.94. The molecular formula is C26H29N5O2S. The van der Waals surface area contributed by atoms with Gasteiger partial charge in [-0.1, -0.05) is 12.1 Å². The minimum atomic E-state index is -0.223. The lowest BCUT2D eigenvalue weighted by Gasteiger charge is -2.15. The summed E-state index contributed by atoms with van der Waals surface area (Å²) in [6, 6.07) is 11.6. The van der Waals surface area contributed by atoms with Gasteiger partial charge in [0.15, 0.2) is 5.65 Å². The van der Waals surface area contributed by atoms with Crippen LogP contribution in [0.1, 0.15) is 52.5 Å². The van der Waals surface area contributed by atoms with Crippen LogP contribution in [0.3, 0.4) is 0 Å². The summed E-state index contributed by atoms with van der Waals surface area (Å²) < 4.78 is 1.85. The van der Waals surface area contributed by atoms with Crippen LogP contribution < -0.4 is 5.32 Å². The summed E-state index contributed by atoms with van der Waals surface area (Å²) in [5.74, 6) is -0.235. The third kappa shape index (κ3) is 4.72. The van der Waals surface area contributed by atoms with E-state index in [1.807, 2.05) is 48.9 Å². The van der Waals surface area contributed by atoms with Crippen LogP contribution in [-0.4, -0.2) is 38.5 Å². The standard InChI is InChI=1S/C26H29N5O2S/c1-15(2)31-25-23(13-27-31)22(12-24(29-25)21-10-16(3)34-17(21)4)26(33)28-20-9-7-8-19(11-20)14-30(6)18(5)32/h7-13,15H,14H2,1-6H3,(H,28,33). The Morgan fingerprint density at radius 2 is 1.94 bits per heavy atom. The molecule has 0 saturated carbocycles. The van der Waals surface area contributed by atoms with Crippen LogP contribution in [0.5, 0.6) is 0 Å². The first-order chi connectivity index (χ1) is 16.1. The van der Waals surface area contributed by atoms with Crippen molar-refractivity contribution in [1.29, 1.82) is 0 Å². The Hall–Kier alpha value is -3.52. The molecule has 2 amide bonds. The quantitative estimate of drug-likeness (QED) is 0.394. The number of fused-ring (bicyclic) bond motifs is 1. The molecule has 0 aliphatic rings. The number of nitrogens with zero attached hydrogens (tertiary/aromatic N) is 4. The summed E-state index contributed by atoms with van der Waals surface area (Å²) >= 11 is 1.72. The molecular weight excluding hydrogens is 446 g/mol. The van der Waals surface area contributed by atoms with E-state index in [0.717, 1.165) is 21.7 Å². The highest BCUT2D eigenvalue weighted by Gasteiger charge is 2.20. The Kier molecular flexibility index (Phi) is 6.52. The second-order valence-electron chi connectivity index (χ2n) is 8.83. The number of hydrogen-bond donors (Lipinski definition) is 1. The molecule has 1 aromatic carbocycles. The molecule has 34 heavy (non-hydrogen) atoms. The molecule has 1 N–H and O–H groups in total. The first-order valence-electron chi connectivity index (χ1n) is 11.2. The lowest BCUT2D eigenvalue weighted by atomic mass is 10.1. The highest BCUT2D eigenvalue weighted by atomic mass is 32.1. The molecule has 176 valence electrons. The molecule has 0 atom stereocenters. The van der Waals surface area contributed by atoms with Gasteiger partial charge in [-0.3, -0.25) is 9.59 Å². The summed E-state index contributed by atoms with van der Waals surface area (Å²) in [7, 11) is 1.75. The van der Waals surface area contributed by atoms with Crippen LogP contribution in [0.2, 0.25) is 0 Å². The monoisotopic (exact) mass is 475 g/mol. The van der Waals surface area contributed by atoms with E-state index in [-0.39, 0.29) is 17.9 Å². The number of carbonyl (C=O) groups excluding carboxylic acids is 2. The van der Waals surface area contributed by atoms with Crippen LogP contribution in [-0.2, 0) is 11.3 Å². The molecule has 7 nitrogen and oxygen atoms in total. The van der Waals surface area contributed by atoms with Crippen LogP contribution in [0, 0.1) is 13.8 Å². The SMILES string of the molecule is CC(=O)N(C)Cc1cccc(NC(=O)c2cc(-c3cc(C)sc3C)nc3c2cnn3C(C)C)c1. The maximum Gasteiger partial charge on any atom is 0.256 e. The van der Waals surface area contributed by atoms with Crippen molar-refractivity contribution in [3.05, 3.63) is 63.5 Å². The second-order valence-corrected chi connectivity index (χ2v) is 10.3. The molecule has 0 fully saturated rings. The molecule has 0 unspecified atom stereocenters. The number of aromatic nitrogens is 3. The Balaban J connectivity index is 1.74. The van der Waals surface area contributed by atoms with Gasteiger partial charge in [-0.05, 0) is 57.5 Å². The fraction of sp³-hybridized carbons (Fsp3) is 0.308. The lowest BCUT2D eigenvalue weighted by Crippen LogP contribution is -2.23. The largest absolute Gasteiger partial charge is 0.342 e. The van der Waals surface area contributed by atoms with Crippen molar-refractivity contribution in [1.82, 2.24) is 19.7 Å². The zero-order valence-corrected chi connectivity index (χ0v) is 21.2. The van der Waals surface area contributed by atoms with Crippen molar-refractivity contribution in [3.8, 4) is 11.3 Å². The van der Waals surface area contributed by atoms with E-state index >= 15 is 0 Å². The van der Waals surface area contributed by atoms with E-state index in [1.165, 1.54) is 11.8 Å². The average molecular weight is 476 g/mol. The predicted octanol–water partition coefficient (Wildman–Crippen LogP) is 5.59.